The van der Waals surface area contributed by atoms with Crippen LogP contribution < -0.4 is 10.1 Å². The number of amides is 2. The SMILES string of the molecule is Cc1cccc(OCCN2CCC(=O)NCC2=O)c1. The van der Waals surface area contributed by atoms with Crippen molar-refractivity contribution in [2.75, 3.05) is 26.2 Å². The Labute approximate surface area is 112 Å². The Balaban J connectivity index is 1.81. The van der Waals surface area contributed by atoms with E-state index in [1.54, 1.807) is 4.90 Å². The van der Waals surface area contributed by atoms with Crippen LogP contribution in [-0.2, 0) is 9.59 Å². The second-order valence-electron chi connectivity index (χ2n) is 4.57. The fourth-order valence-electron chi connectivity index (χ4n) is 1.95. The van der Waals surface area contributed by atoms with Crippen molar-refractivity contribution in [1.29, 1.82) is 0 Å². The molecule has 0 radical (unpaired) electrons. The number of hydrogen-bond donors (Lipinski definition) is 1. The smallest absolute Gasteiger partial charge is 0.242 e. The molecule has 1 heterocycles. The summed E-state index contributed by atoms with van der Waals surface area (Å²) in [7, 11) is 0. The van der Waals surface area contributed by atoms with E-state index in [1.165, 1.54) is 0 Å². The minimum atomic E-state index is -0.0737. The van der Waals surface area contributed by atoms with Crippen LogP contribution in [-0.4, -0.2) is 43.0 Å². The maximum atomic E-state index is 11.7. The number of aryl methyl sites for hydroxylation is 1. The zero-order valence-corrected chi connectivity index (χ0v) is 11.0. The van der Waals surface area contributed by atoms with Crippen LogP contribution in [0.3, 0.4) is 0 Å². The van der Waals surface area contributed by atoms with Crippen molar-refractivity contribution in [2.24, 2.45) is 0 Å². The van der Waals surface area contributed by atoms with E-state index in [0.29, 0.717) is 26.1 Å². The molecule has 1 aliphatic rings. The molecule has 5 heteroatoms. The zero-order valence-electron chi connectivity index (χ0n) is 11.0. The molecular formula is C14H18N2O3. The first-order chi connectivity index (χ1) is 9.15. The van der Waals surface area contributed by atoms with Gasteiger partial charge in [0.2, 0.25) is 11.8 Å². The van der Waals surface area contributed by atoms with Crippen molar-refractivity contribution < 1.29 is 14.3 Å². The van der Waals surface area contributed by atoms with Crippen LogP contribution in [0.4, 0.5) is 0 Å². The fraction of sp³-hybridized carbons (Fsp3) is 0.429. The summed E-state index contributed by atoms with van der Waals surface area (Å²) in [6, 6.07) is 7.78. The second kappa shape index (κ2) is 6.22. The van der Waals surface area contributed by atoms with Gasteiger partial charge in [-0.3, -0.25) is 9.59 Å². The predicted molar refractivity (Wildman–Crippen MR) is 70.9 cm³/mol. The lowest BCUT2D eigenvalue weighted by Gasteiger charge is -2.19. The van der Waals surface area contributed by atoms with Gasteiger partial charge in [0.1, 0.15) is 12.4 Å². The molecule has 2 amide bonds. The highest BCUT2D eigenvalue weighted by Gasteiger charge is 2.19. The first-order valence-electron chi connectivity index (χ1n) is 6.39. The van der Waals surface area contributed by atoms with Crippen molar-refractivity contribution in [2.45, 2.75) is 13.3 Å². The summed E-state index contributed by atoms with van der Waals surface area (Å²) < 4.78 is 5.61. The highest BCUT2D eigenvalue weighted by Crippen LogP contribution is 2.12. The summed E-state index contributed by atoms with van der Waals surface area (Å²) in [6.45, 7) is 3.48. The summed E-state index contributed by atoms with van der Waals surface area (Å²) in [4.78, 5) is 24.6. The van der Waals surface area contributed by atoms with Crippen molar-refractivity contribution in [3.8, 4) is 5.75 Å². The number of carbonyl (C=O) groups excluding carboxylic acids is 2. The van der Waals surface area contributed by atoms with Crippen LogP contribution in [0.2, 0.25) is 0 Å². The summed E-state index contributed by atoms with van der Waals surface area (Å²) in [5.41, 5.74) is 1.14. The summed E-state index contributed by atoms with van der Waals surface area (Å²) >= 11 is 0. The molecule has 102 valence electrons. The first-order valence-corrected chi connectivity index (χ1v) is 6.39. The lowest BCUT2D eigenvalue weighted by Crippen LogP contribution is -2.37. The van der Waals surface area contributed by atoms with Gasteiger partial charge in [-0.1, -0.05) is 12.1 Å². The molecule has 5 nitrogen and oxygen atoms in total. The number of ether oxygens (including phenoxy) is 1. The number of benzene rings is 1. The Kier molecular flexibility index (Phi) is 4.39. The molecule has 0 unspecified atom stereocenters. The highest BCUT2D eigenvalue weighted by molar-refractivity contribution is 5.87. The van der Waals surface area contributed by atoms with E-state index in [9.17, 15) is 9.59 Å². The van der Waals surface area contributed by atoms with E-state index in [0.717, 1.165) is 11.3 Å². The van der Waals surface area contributed by atoms with E-state index in [-0.39, 0.29) is 18.4 Å². The highest BCUT2D eigenvalue weighted by atomic mass is 16.5. The molecule has 1 N–H and O–H groups in total. The monoisotopic (exact) mass is 262 g/mol. The Morgan fingerprint density at radius 2 is 2.21 bits per heavy atom. The molecule has 1 saturated heterocycles. The van der Waals surface area contributed by atoms with Crippen LogP contribution in [0, 0.1) is 6.92 Å². The third-order valence-electron chi connectivity index (χ3n) is 3.02. The van der Waals surface area contributed by atoms with E-state index in [4.69, 9.17) is 4.74 Å². The van der Waals surface area contributed by atoms with Gasteiger partial charge < -0.3 is 15.0 Å². The molecule has 1 fully saturated rings. The Morgan fingerprint density at radius 3 is 3.00 bits per heavy atom. The summed E-state index contributed by atoms with van der Waals surface area (Å²) in [5, 5.41) is 2.57. The van der Waals surface area contributed by atoms with Crippen LogP contribution >= 0.6 is 0 Å². The van der Waals surface area contributed by atoms with Crippen molar-refractivity contribution in [1.82, 2.24) is 10.2 Å². The number of rotatable bonds is 4. The molecule has 19 heavy (non-hydrogen) atoms. The van der Waals surface area contributed by atoms with Gasteiger partial charge in [0, 0.05) is 13.0 Å². The molecule has 0 spiro atoms. The van der Waals surface area contributed by atoms with Gasteiger partial charge in [-0.25, -0.2) is 0 Å². The Morgan fingerprint density at radius 1 is 1.37 bits per heavy atom. The number of nitrogens with zero attached hydrogens (tertiary/aromatic N) is 1. The van der Waals surface area contributed by atoms with Gasteiger partial charge >= 0.3 is 0 Å². The van der Waals surface area contributed by atoms with Crippen molar-refractivity contribution in [3.05, 3.63) is 29.8 Å². The lowest BCUT2D eigenvalue weighted by atomic mass is 10.2. The Bertz CT molecular complexity index is 474. The molecule has 0 bridgehead atoms. The van der Waals surface area contributed by atoms with Crippen molar-refractivity contribution in [3.63, 3.8) is 0 Å². The zero-order chi connectivity index (χ0) is 13.7. The second-order valence-corrected chi connectivity index (χ2v) is 4.57. The van der Waals surface area contributed by atoms with Crippen LogP contribution in [0.15, 0.2) is 24.3 Å². The van der Waals surface area contributed by atoms with Crippen LogP contribution in [0.1, 0.15) is 12.0 Å². The largest absolute Gasteiger partial charge is 0.492 e. The molecular weight excluding hydrogens is 244 g/mol. The Hall–Kier alpha value is -2.04. The molecule has 0 aromatic heterocycles. The third-order valence-corrected chi connectivity index (χ3v) is 3.02. The normalized spacial score (nSPS) is 15.9. The molecule has 0 aliphatic carbocycles. The third kappa shape index (κ3) is 3.98. The molecule has 1 aliphatic heterocycles. The van der Waals surface area contributed by atoms with Gasteiger partial charge in [0.05, 0.1) is 13.1 Å². The van der Waals surface area contributed by atoms with E-state index in [1.807, 2.05) is 31.2 Å². The molecule has 2 rings (SSSR count). The standard InChI is InChI=1S/C14H18N2O3/c1-11-3-2-4-12(9-11)19-8-7-16-6-5-13(17)15-10-14(16)18/h2-4,9H,5-8,10H2,1H3,(H,15,17). The molecule has 1 aromatic rings. The average molecular weight is 262 g/mol. The molecule has 1 aromatic carbocycles. The fourth-order valence-corrected chi connectivity index (χ4v) is 1.95. The van der Waals surface area contributed by atoms with Crippen molar-refractivity contribution >= 4 is 11.8 Å². The molecule has 0 saturated carbocycles. The maximum Gasteiger partial charge on any atom is 0.242 e. The quantitative estimate of drug-likeness (QED) is 0.870. The van der Waals surface area contributed by atoms with Gasteiger partial charge in [0.25, 0.3) is 0 Å². The van der Waals surface area contributed by atoms with Gasteiger partial charge in [-0.2, -0.15) is 0 Å². The minimum absolute atomic E-state index is 0.0568. The molecule has 0 atom stereocenters. The summed E-state index contributed by atoms with van der Waals surface area (Å²) in [6.07, 6.45) is 0.357. The van der Waals surface area contributed by atoms with Gasteiger partial charge in [-0.15, -0.1) is 0 Å². The number of nitrogens with one attached hydrogen (secondary N) is 1. The van der Waals surface area contributed by atoms with Gasteiger partial charge in [0.15, 0.2) is 0 Å². The summed E-state index contributed by atoms with van der Waals surface area (Å²) in [5.74, 6) is 0.672. The first kappa shape index (κ1) is 13.4. The van der Waals surface area contributed by atoms with E-state index >= 15 is 0 Å². The maximum absolute atomic E-state index is 11.7. The van der Waals surface area contributed by atoms with Crippen LogP contribution in [0.5, 0.6) is 5.75 Å². The van der Waals surface area contributed by atoms with E-state index < -0.39 is 0 Å². The van der Waals surface area contributed by atoms with E-state index in [2.05, 4.69) is 5.32 Å². The average Bonchev–Trinajstić information content (AvgIpc) is 2.54. The topological polar surface area (TPSA) is 58.6 Å². The predicted octanol–water partition coefficient (Wildman–Crippen LogP) is 0.722. The number of hydrogen-bond acceptors (Lipinski definition) is 3. The lowest BCUT2D eigenvalue weighted by molar-refractivity contribution is -0.130. The minimum Gasteiger partial charge on any atom is -0.492 e. The van der Waals surface area contributed by atoms with Gasteiger partial charge in [-0.05, 0) is 24.6 Å². The van der Waals surface area contributed by atoms with Crippen LogP contribution in [0.25, 0.3) is 0 Å². The number of carbonyl (C=O) groups is 2.